The molecule has 1 amide bonds. The molecule has 0 aliphatic carbocycles. The number of methoxy groups -OCH3 is 1. The van der Waals surface area contributed by atoms with Crippen molar-refractivity contribution < 1.29 is 19.4 Å². The number of phenolic OH excluding ortho intramolecular Hbond substituents is 1. The van der Waals surface area contributed by atoms with Crippen LogP contribution in [-0.2, 0) is 6.54 Å². The van der Waals surface area contributed by atoms with Gasteiger partial charge < -0.3 is 19.5 Å². The number of rotatable bonds is 7. The molecule has 1 saturated heterocycles. The van der Waals surface area contributed by atoms with Crippen molar-refractivity contribution >= 4 is 43.5 Å². The summed E-state index contributed by atoms with van der Waals surface area (Å²) >= 11 is 1.39. The van der Waals surface area contributed by atoms with Crippen molar-refractivity contribution in [3.63, 3.8) is 0 Å². The van der Waals surface area contributed by atoms with Crippen molar-refractivity contribution in [2.45, 2.75) is 6.54 Å². The minimum atomic E-state index is -0.166. The van der Waals surface area contributed by atoms with Crippen molar-refractivity contribution in [2.24, 2.45) is 0 Å². The Hall–Kier alpha value is -4.25. The topological polar surface area (TPSA) is 100 Å². The molecule has 1 fully saturated rings. The van der Waals surface area contributed by atoms with Crippen LogP contribution in [0.2, 0.25) is 0 Å². The Kier molecular flexibility index (Phi) is 7.21. The number of piperazine rings is 1. The second kappa shape index (κ2) is 11.1. The van der Waals surface area contributed by atoms with Crippen LogP contribution >= 0.6 is 11.3 Å². The van der Waals surface area contributed by atoms with Gasteiger partial charge in [0.15, 0.2) is 16.6 Å². The van der Waals surface area contributed by atoms with Crippen molar-refractivity contribution in [3.8, 4) is 23.0 Å². The van der Waals surface area contributed by atoms with Crippen molar-refractivity contribution in [2.75, 3.05) is 45.7 Å². The zero-order chi connectivity index (χ0) is 27.6. The number of aromatic hydroxyl groups is 1. The average molecular weight is 556 g/mol. The highest BCUT2D eigenvalue weighted by Gasteiger charge is 2.19. The van der Waals surface area contributed by atoms with Gasteiger partial charge in [-0.15, -0.1) is 0 Å². The number of pyridine rings is 1. The predicted molar refractivity (Wildman–Crippen MR) is 157 cm³/mol. The second-order valence-corrected chi connectivity index (χ2v) is 10.8. The minimum Gasteiger partial charge on any atom is -0.504 e. The lowest BCUT2D eigenvalue weighted by atomic mass is 10.1. The normalized spacial score (nSPS) is 14.4. The van der Waals surface area contributed by atoms with Crippen molar-refractivity contribution in [1.29, 1.82) is 0 Å². The van der Waals surface area contributed by atoms with Gasteiger partial charge in [-0.3, -0.25) is 20.0 Å². The van der Waals surface area contributed by atoms with Gasteiger partial charge in [0.05, 0.1) is 22.8 Å². The number of benzene rings is 3. The van der Waals surface area contributed by atoms with Crippen LogP contribution in [0.25, 0.3) is 21.1 Å². The Morgan fingerprint density at radius 2 is 1.85 bits per heavy atom. The summed E-state index contributed by atoms with van der Waals surface area (Å²) in [6, 6.07) is 18.4. The predicted octanol–water partition coefficient (Wildman–Crippen LogP) is 5.35. The molecule has 0 radical (unpaired) electrons. The molecule has 0 bridgehead atoms. The maximum atomic E-state index is 13.3. The van der Waals surface area contributed by atoms with Crippen LogP contribution in [0, 0.1) is 0 Å². The Morgan fingerprint density at radius 3 is 2.67 bits per heavy atom. The summed E-state index contributed by atoms with van der Waals surface area (Å²) in [5, 5.41) is 14.3. The molecular formula is C30H29N5O4S. The van der Waals surface area contributed by atoms with E-state index in [0.717, 1.165) is 48.5 Å². The molecule has 40 heavy (non-hydrogen) atoms. The lowest BCUT2D eigenvalue weighted by Crippen LogP contribution is -2.44. The highest BCUT2D eigenvalue weighted by atomic mass is 32.1. The summed E-state index contributed by atoms with van der Waals surface area (Å²) in [5.74, 6) is 1.39. The third-order valence-corrected chi connectivity index (χ3v) is 8.00. The van der Waals surface area contributed by atoms with Gasteiger partial charge in [0.25, 0.3) is 5.91 Å². The monoisotopic (exact) mass is 555 g/mol. The van der Waals surface area contributed by atoms with E-state index in [1.165, 1.54) is 18.4 Å². The number of phenols is 1. The molecule has 2 N–H and O–H groups in total. The summed E-state index contributed by atoms with van der Waals surface area (Å²) < 4.78 is 12.3. The average Bonchev–Trinajstić information content (AvgIpc) is 3.36. The maximum absolute atomic E-state index is 13.3. The van der Waals surface area contributed by atoms with Gasteiger partial charge in [-0.25, -0.2) is 4.98 Å². The highest BCUT2D eigenvalue weighted by Crippen LogP contribution is 2.37. The van der Waals surface area contributed by atoms with E-state index in [0.29, 0.717) is 38.8 Å². The van der Waals surface area contributed by atoms with E-state index >= 15 is 0 Å². The number of nitrogens with one attached hydrogen (secondary N) is 1. The van der Waals surface area contributed by atoms with Crippen LogP contribution in [0.4, 0.5) is 5.13 Å². The third kappa shape index (κ3) is 5.42. The molecular weight excluding hydrogens is 526 g/mol. The summed E-state index contributed by atoms with van der Waals surface area (Å²) in [5.41, 5.74) is 3.03. The van der Waals surface area contributed by atoms with Gasteiger partial charge in [-0.2, -0.15) is 0 Å². The van der Waals surface area contributed by atoms with Gasteiger partial charge in [0.2, 0.25) is 0 Å². The highest BCUT2D eigenvalue weighted by molar-refractivity contribution is 7.22. The molecule has 0 unspecified atom stereocenters. The van der Waals surface area contributed by atoms with E-state index in [1.54, 1.807) is 24.4 Å². The molecule has 204 valence electrons. The van der Waals surface area contributed by atoms with E-state index in [-0.39, 0.29) is 11.7 Å². The van der Waals surface area contributed by atoms with Crippen LogP contribution in [-0.4, -0.2) is 71.1 Å². The summed E-state index contributed by atoms with van der Waals surface area (Å²) in [4.78, 5) is 26.9. The van der Waals surface area contributed by atoms with E-state index < -0.39 is 0 Å². The Morgan fingerprint density at radius 1 is 1.02 bits per heavy atom. The van der Waals surface area contributed by atoms with Gasteiger partial charge >= 0.3 is 0 Å². The summed E-state index contributed by atoms with van der Waals surface area (Å²) in [6.45, 7) is 4.77. The van der Waals surface area contributed by atoms with Crippen LogP contribution < -0.4 is 14.8 Å². The second-order valence-electron chi connectivity index (χ2n) is 9.79. The lowest BCUT2D eigenvalue weighted by molar-refractivity contribution is 0.102. The molecule has 6 rings (SSSR count). The van der Waals surface area contributed by atoms with Gasteiger partial charge in [-0.1, -0.05) is 29.5 Å². The maximum Gasteiger partial charge on any atom is 0.257 e. The largest absolute Gasteiger partial charge is 0.504 e. The zero-order valence-corrected chi connectivity index (χ0v) is 23.1. The number of hydrogen-bond donors (Lipinski definition) is 2. The fourth-order valence-electron chi connectivity index (χ4n) is 4.83. The first kappa shape index (κ1) is 26.0. The van der Waals surface area contributed by atoms with Crippen molar-refractivity contribution in [1.82, 2.24) is 19.8 Å². The molecule has 5 aromatic rings. The first-order valence-corrected chi connectivity index (χ1v) is 13.8. The fourth-order valence-corrected chi connectivity index (χ4v) is 5.72. The number of thiazole rings is 1. The minimum absolute atomic E-state index is 0.0160. The van der Waals surface area contributed by atoms with Crippen molar-refractivity contribution in [3.05, 3.63) is 78.0 Å². The molecule has 3 aromatic carbocycles. The van der Waals surface area contributed by atoms with E-state index in [4.69, 9.17) is 9.47 Å². The number of carbonyl (C=O) groups excluding carboxylic acids is 1. The molecule has 2 aromatic heterocycles. The molecule has 9 nitrogen and oxygen atoms in total. The van der Waals surface area contributed by atoms with Crippen LogP contribution in [0.1, 0.15) is 15.9 Å². The SMILES string of the molecule is COc1cc2c(Oc3ccc4nc(NC(=O)c5ccccc5CN5CCN(C)CC5)sc4c3)ccnc2cc1O. The molecule has 0 atom stereocenters. The number of ether oxygens (including phenoxy) is 2. The van der Waals surface area contributed by atoms with Crippen LogP contribution in [0.15, 0.2) is 66.9 Å². The molecule has 10 heteroatoms. The molecule has 1 aliphatic heterocycles. The molecule has 0 saturated carbocycles. The van der Waals surface area contributed by atoms with E-state index in [2.05, 4.69) is 32.1 Å². The fraction of sp³-hybridized carbons (Fsp3) is 0.233. The number of anilines is 1. The molecule has 3 heterocycles. The number of hydrogen-bond acceptors (Lipinski definition) is 9. The lowest BCUT2D eigenvalue weighted by Gasteiger charge is -2.32. The quantitative estimate of drug-likeness (QED) is 0.277. The summed E-state index contributed by atoms with van der Waals surface area (Å²) in [7, 11) is 3.63. The van der Waals surface area contributed by atoms with Crippen LogP contribution in [0.3, 0.4) is 0 Å². The Labute approximate surface area is 235 Å². The molecule has 1 aliphatic rings. The zero-order valence-electron chi connectivity index (χ0n) is 22.3. The first-order valence-electron chi connectivity index (χ1n) is 13.0. The Balaban J connectivity index is 1.20. The van der Waals surface area contributed by atoms with Gasteiger partial charge in [0, 0.05) is 62.0 Å². The number of fused-ring (bicyclic) bond motifs is 2. The van der Waals surface area contributed by atoms with E-state index in [9.17, 15) is 9.90 Å². The van der Waals surface area contributed by atoms with E-state index in [1.807, 2.05) is 42.5 Å². The number of likely N-dealkylation sites (N-methyl/N-ethyl adjacent to an activating group) is 1. The first-order chi connectivity index (χ1) is 19.5. The molecule has 0 spiro atoms. The number of nitrogens with zero attached hydrogens (tertiary/aromatic N) is 4. The third-order valence-electron chi connectivity index (χ3n) is 7.06. The van der Waals surface area contributed by atoms with Crippen LogP contribution in [0.5, 0.6) is 23.0 Å². The van der Waals surface area contributed by atoms with Gasteiger partial charge in [-0.05, 0) is 42.9 Å². The standard InChI is InChI=1S/C30H29N5O4S/c1-34-11-13-35(14-12-34)18-19-5-3-4-6-21(19)29(37)33-30-32-23-8-7-20(15-28(23)40-30)39-26-9-10-31-24-17-25(36)27(38-2)16-22(24)26/h3-10,15-17,36H,11-14,18H2,1-2H3,(H,32,33,37). The van der Waals surface area contributed by atoms with Gasteiger partial charge in [0.1, 0.15) is 11.5 Å². The summed E-state index contributed by atoms with van der Waals surface area (Å²) in [6.07, 6.45) is 1.63. The smallest absolute Gasteiger partial charge is 0.257 e. The number of aromatic nitrogens is 2. The number of carbonyl (C=O) groups is 1. The Bertz CT molecular complexity index is 1700. The number of amides is 1.